The molecule has 0 aromatic rings. The van der Waals surface area contributed by atoms with Gasteiger partial charge in [-0.25, -0.2) is 0 Å². The molecular weight excluding hydrogens is 251 g/mol. The monoisotopic (exact) mass is 282 g/mol. The molecule has 1 rings (SSSR count). The van der Waals surface area contributed by atoms with E-state index in [1.54, 1.807) is 11.6 Å². The maximum absolute atomic E-state index is 13.2. The Balaban J connectivity index is 3.55. The Morgan fingerprint density at radius 3 is 1.80 bits per heavy atom. The molecule has 5 heteroatoms. The maximum atomic E-state index is 13.2. The van der Waals surface area contributed by atoms with Crippen molar-refractivity contribution in [3.05, 3.63) is 0 Å². The fourth-order valence-corrected chi connectivity index (χ4v) is 3.72. The Kier molecular flexibility index (Phi) is 3.92. The van der Waals surface area contributed by atoms with Crippen molar-refractivity contribution >= 4 is 13.0 Å². The lowest BCUT2D eigenvalue weighted by atomic mass is 9.62. The predicted molar refractivity (Wildman–Crippen MR) is 84.5 cm³/mol. The van der Waals surface area contributed by atoms with Gasteiger partial charge < -0.3 is 14.7 Å². The molecule has 0 bridgehead atoms. The van der Waals surface area contributed by atoms with Crippen LogP contribution >= 0.6 is 0 Å². The van der Waals surface area contributed by atoms with Crippen LogP contribution in [0, 0.1) is 5.41 Å². The van der Waals surface area contributed by atoms with E-state index in [9.17, 15) is 9.82 Å². The zero-order valence-electron chi connectivity index (χ0n) is 14.8. The summed E-state index contributed by atoms with van der Waals surface area (Å²) in [6.07, 6.45) is 0. The van der Waals surface area contributed by atoms with Gasteiger partial charge in [0.2, 0.25) is 5.91 Å². The van der Waals surface area contributed by atoms with Crippen LogP contribution in [-0.4, -0.2) is 51.4 Å². The molecule has 1 heterocycles. The van der Waals surface area contributed by atoms with E-state index < -0.39 is 12.6 Å². The smallest absolute Gasteiger partial charge is 0.377 e. The van der Waals surface area contributed by atoms with Gasteiger partial charge in [0.05, 0.1) is 5.54 Å². The Labute approximate surface area is 124 Å². The van der Waals surface area contributed by atoms with Gasteiger partial charge in [-0.2, -0.15) is 0 Å². The van der Waals surface area contributed by atoms with Crippen LogP contribution < -0.4 is 0 Å². The van der Waals surface area contributed by atoms with E-state index in [1.165, 1.54) is 0 Å². The summed E-state index contributed by atoms with van der Waals surface area (Å²) in [6.45, 7) is 18.3. The minimum Gasteiger partial charge on any atom is -0.437 e. The number of carbonyl (C=O) groups is 1. The van der Waals surface area contributed by atoms with E-state index in [0.717, 1.165) is 0 Å². The average Bonchev–Trinajstić information content (AvgIpc) is 2.33. The summed E-state index contributed by atoms with van der Waals surface area (Å²) in [7, 11) is 1.16. The molecule has 0 aromatic carbocycles. The minimum atomic E-state index is -0.738. The van der Waals surface area contributed by atoms with Crippen LogP contribution in [0.5, 0.6) is 0 Å². The van der Waals surface area contributed by atoms with Crippen molar-refractivity contribution in [3.8, 4) is 0 Å². The first-order chi connectivity index (χ1) is 8.63. The summed E-state index contributed by atoms with van der Waals surface area (Å²) < 4.78 is 0. The second-order valence-corrected chi connectivity index (χ2v) is 8.31. The summed E-state index contributed by atoms with van der Waals surface area (Å²) in [5, 5.41) is 10.0. The van der Waals surface area contributed by atoms with Crippen molar-refractivity contribution in [3.63, 3.8) is 0 Å². The van der Waals surface area contributed by atoms with Gasteiger partial charge in [-0.05, 0) is 55.4 Å². The van der Waals surface area contributed by atoms with Crippen LogP contribution in [0.1, 0.15) is 55.4 Å². The fourth-order valence-electron chi connectivity index (χ4n) is 3.72. The molecule has 1 N–H and O–H groups in total. The van der Waals surface area contributed by atoms with Crippen LogP contribution in [0.4, 0.5) is 0 Å². The Bertz CT molecular complexity index is 413. The first-order valence-corrected chi connectivity index (χ1v) is 7.39. The Hall–Kier alpha value is -0.545. The molecule has 1 saturated heterocycles. The molecule has 0 radical (unpaired) electrons. The fraction of sp³-hybridized carbons (Fsp3) is 0.933. The molecule has 4 nitrogen and oxygen atoms in total. The summed E-state index contributed by atoms with van der Waals surface area (Å²) >= 11 is 0. The lowest BCUT2D eigenvalue weighted by Crippen LogP contribution is -2.62. The molecule has 0 spiro atoms. The molecule has 0 saturated carbocycles. The van der Waals surface area contributed by atoms with Crippen molar-refractivity contribution in [1.29, 1.82) is 0 Å². The van der Waals surface area contributed by atoms with E-state index in [1.807, 2.05) is 18.9 Å². The number of carbonyl (C=O) groups excluding carboxylic acids is 1. The zero-order chi connectivity index (χ0) is 16.3. The SMILES string of the molecule is CB(O)N(C)C1(C)C(=O)N(C(C)(C)C)C(C)(C)C1(C)C. The number of nitrogens with zero attached hydrogens (tertiary/aromatic N) is 2. The van der Waals surface area contributed by atoms with Gasteiger partial charge in [-0.15, -0.1) is 0 Å². The predicted octanol–water partition coefficient (Wildman–Crippen LogP) is 2.23. The number of hydrogen-bond donors (Lipinski definition) is 1. The largest absolute Gasteiger partial charge is 0.437 e. The van der Waals surface area contributed by atoms with Crippen LogP contribution in [0.2, 0.25) is 6.82 Å². The van der Waals surface area contributed by atoms with E-state index in [-0.39, 0.29) is 22.4 Å². The van der Waals surface area contributed by atoms with E-state index in [2.05, 4.69) is 48.5 Å². The topological polar surface area (TPSA) is 43.8 Å². The van der Waals surface area contributed by atoms with Crippen LogP contribution in [0.25, 0.3) is 0 Å². The van der Waals surface area contributed by atoms with Crippen molar-refractivity contribution in [2.45, 2.75) is 78.8 Å². The molecule has 1 aliphatic rings. The average molecular weight is 282 g/mol. The molecular formula is C15H31BN2O2. The number of hydrogen-bond acceptors (Lipinski definition) is 3. The zero-order valence-corrected chi connectivity index (χ0v) is 14.8. The van der Waals surface area contributed by atoms with Gasteiger partial charge in [0.1, 0.15) is 0 Å². The molecule has 116 valence electrons. The first kappa shape index (κ1) is 17.5. The van der Waals surface area contributed by atoms with E-state index >= 15 is 0 Å². The van der Waals surface area contributed by atoms with Gasteiger partial charge in [-0.1, -0.05) is 13.8 Å². The third-order valence-corrected chi connectivity index (χ3v) is 5.86. The lowest BCUT2D eigenvalue weighted by molar-refractivity contribution is -0.142. The van der Waals surface area contributed by atoms with Crippen LogP contribution in [-0.2, 0) is 4.79 Å². The molecule has 1 atom stereocenters. The summed E-state index contributed by atoms with van der Waals surface area (Å²) in [6, 6.07) is 0. The van der Waals surface area contributed by atoms with Crippen molar-refractivity contribution in [2.24, 2.45) is 5.41 Å². The molecule has 1 aliphatic heterocycles. The minimum absolute atomic E-state index is 0.0865. The van der Waals surface area contributed by atoms with Gasteiger partial charge >= 0.3 is 7.05 Å². The van der Waals surface area contributed by atoms with E-state index in [4.69, 9.17) is 0 Å². The standard InChI is InChI=1S/C15H31BN2O2/c1-12(2,3)18-11(19)15(8,17(10)16(9)20)13(4,5)14(18,6)7/h20H,1-10H3. The third kappa shape index (κ3) is 1.93. The second-order valence-electron chi connectivity index (χ2n) is 8.31. The van der Waals surface area contributed by atoms with Gasteiger partial charge in [0.25, 0.3) is 0 Å². The number of likely N-dealkylation sites (N-methyl/N-ethyl adjacent to an activating group) is 1. The summed E-state index contributed by atoms with van der Waals surface area (Å²) in [5.74, 6) is 0.0865. The summed E-state index contributed by atoms with van der Waals surface area (Å²) in [4.78, 5) is 17.0. The Morgan fingerprint density at radius 1 is 1.15 bits per heavy atom. The molecule has 20 heavy (non-hydrogen) atoms. The highest BCUT2D eigenvalue weighted by molar-refractivity contribution is 6.46. The maximum Gasteiger partial charge on any atom is 0.377 e. The molecule has 0 aromatic heterocycles. The Morgan fingerprint density at radius 2 is 1.55 bits per heavy atom. The molecule has 1 fully saturated rings. The van der Waals surface area contributed by atoms with Crippen molar-refractivity contribution in [1.82, 2.24) is 9.71 Å². The molecule has 1 amide bonds. The summed E-state index contributed by atoms with van der Waals surface area (Å²) in [5.41, 5.74) is -1.61. The van der Waals surface area contributed by atoms with Gasteiger partial charge in [0.15, 0.2) is 0 Å². The second kappa shape index (κ2) is 4.47. The molecule has 1 unspecified atom stereocenters. The highest BCUT2D eigenvalue weighted by atomic mass is 16.2. The first-order valence-electron chi connectivity index (χ1n) is 7.39. The van der Waals surface area contributed by atoms with E-state index in [0.29, 0.717) is 0 Å². The highest BCUT2D eigenvalue weighted by Gasteiger charge is 2.69. The molecule has 0 aliphatic carbocycles. The lowest BCUT2D eigenvalue weighted by Gasteiger charge is -2.50. The number of amides is 1. The number of rotatable bonds is 2. The van der Waals surface area contributed by atoms with Gasteiger partial charge in [-0.3, -0.25) is 4.79 Å². The highest BCUT2D eigenvalue weighted by Crippen LogP contribution is 2.56. The van der Waals surface area contributed by atoms with Gasteiger partial charge in [0, 0.05) is 16.5 Å². The van der Waals surface area contributed by atoms with Crippen molar-refractivity contribution in [2.75, 3.05) is 7.05 Å². The quantitative estimate of drug-likeness (QED) is 0.790. The van der Waals surface area contributed by atoms with Crippen LogP contribution in [0.15, 0.2) is 0 Å². The third-order valence-electron chi connectivity index (χ3n) is 5.86. The van der Waals surface area contributed by atoms with Crippen molar-refractivity contribution < 1.29 is 9.82 Å². The normalized spacial score (nSPS) is 29.2. The van der Waals surface area contributed by atoms with Crippen LogP contribution in [0.3, 0.4) is 0 Å². The number of likely N-dealkylation sites (tertiary alicyclic amines) is 1.